The molecule has 2 saturated heterocycles. The van der Waals surface area contributed by atoms with E-state index in [0.29, 0.717) is 39.7 Å². The number of amides is 1. The number of rotatable bonds is 7. The van der Waals surface area contributed by atoms with Crippen LogP contribution in [-0.2, 0) is 25.3 Å². The lowest BCUT2D eigenvalue weighted by atomic mass is 9.88. The molecule has 2 N–H and O–H groups in total. The van der Waals surface area contributed by atoms with Crippen molar-refractivity contribution in [3.8, 4) is 28.3 Å². The number of nitrogens with zero attached hydrogens (tertiary/aromatic N) is 6. The number of halogens is 4. The topological polar surface area (TPSA) is 136 Å². The van der Waals surface area contributed by atoms with Crippen molar-refractivity contribution >= 4 is 51.6 Å². The minimum absolute atomic E-state index is 0.124. The number of aromatic nitrogens is 5. The molecule has 0 bridgehead atoms. The summed E-state index contributed by atoms with van der Waals surface area (Å²) in [6.07, 6.45) is 2.07. The maximum absolute atomic E-state index is 13.9. The third-order valence-corrected chi connectivity index (χ3v) is 11.8. The monoisotopic (exact) mass is 776 g/mol. The van der Waals surface area contributed by atoms with Crippen LogP contribution in [0.25, 0.3) is 33.4 Å². The molecule has 2 unspecified atom stereocenters. The number of pyridine rings is 1. The van der Waals surface area contributed by atoms with Gasteiger partial charge in [0.2, 0.25) is 11.8 Å². The lowest BCUT2D eigenvalue weighted by molar-refractivity contribution is -0.125. The van der Waals surface area contributed by atoms with Crippen LogP contribution in [0.1, 0.15) is 61.5 Å². The molecule has 1 aliphatic carbocycles. The summed E-state index contributed by atoms with van der Waals surface area (Å²) in [5, 5.41) is 6.64. The van der Waals surface area contributed by atoms with E-state index in [9.17, 15) is 23.2 Å². The van der Waals surface area contributed by atoms with E-state index in [0.717, 1.165) is 65.5 Å². The van der Waals surface area contributed by atoms with Crippen molar-refractivity contribution in [3.63, 3.8) is 0 Å². The lowest BCUT2D eigenvalue weighted by Gasteiger charge is -2.35. The Kier molecular flexibility index (Phi) is 9.18. The number of carbonyl (C=O) groups excluding carboxylic acids is 1. The molecule has 280 valence electrons. The zero-order valence-electron chi connectivity index (χ0n) is 29.7. The molecule has 8 rings (SSSR count). The molecule has 5 aromatic rings. The molecule has 1 spiro atoms. The summed E-state index contributed by atoms with van der Waals surface area (Å²) in [5.74, 6) is -0.424. The Morgan fingerprint density at radius 3 is 2.44 bits per heavy atom. The Bertz CT molecular complexity index is 2490. The van der Waals surface area contributed by atoms with Crippen LogP contribution in [0.4, 0.5) is 20.3 Å². The first-order valence-corrected chi connectivity index (χ1v) is 18.4. The quantitative estimate of drug-likeness (QED) is 0.190. The summed E-state index contributed by atoms with van der Waals surface area (Å²) < 4.78 is 35.6. The third kappa shape index (κ3) is 6.00. The number of fused-ring (bicyclic) bond motifs is 2. The van der Waals surface area contributed by atoms with E-state index in [4.69, 9.17) is 32.9 Å². The molecule has 12 nitrogen and oxygen atoms in total. The van der Waals surface area contributed by atoms with Crippen LogP contribution in [0.3, 0.4) is 0 Å². The van der Waals surface area contributed by atoms with Crippen LogP contribution in [0, 0.1) is 0 Å². The van der Waals surface area contributed by atoms with Gasteiger partial charge in [-0.3, -0.25) is 23.6 Å². The first kappa shape index (κ1) is 36.1. The second-order valence-corrected chi connectivity index (χ2v) is 14.9. The zero-order chi connectivity index (χ0) is 38.1. The van der Waals surface area contributed by atoms with Crippen molar-refractivity contribution in [2.45, 2.75) is 56.5 Å². The predicted molar refractivity (Wildman–Crippen MR) is 202 cm³/mol. The molecule has 3 aliphatic rings. The van der Waals surface area contributed by atoms with Gasteiger partial charge in [-0.1, -0.05) is 53.5 Å². The number of hydrogen-bond acceptors (Lipinski definition) is 9. The SMILES string of the molecule is COc1nc(-c2cccc(-c3cccc(Nc4nc(C(F)F)nc5c4c(=O)n(C)c(=O)n5C)c3Cl)c2Cl)cc2c1C(N1CCC3(CCCC(=O)N3)C1)CC2. The number of hydrogen-bond donors (Lipinski definition) is 2. The van der Waals surface area contributed by atoms with Gasteiger partial charge in [0.25, 0.3) is 12.0 Å². The molecule has 3 aromatic heterocycles. The van der Waals surface area contributed by atoms with Crippen LogP contribution in [-0.4, -0.2) is 60.6 Å². The predicted octanol–water partition coefficient (Wildman–Crippen LogP) is 6.48. The van der Waals surface area contributed by atoms with Gasteiger partial charge in [-0.2, -0.15) is 0 Å². The van der Waals surface area contributed by atoms with Crippen LogP contribution in [0.2, 0.25) is 10.0 Å². The van der Waals surface area contributed by atoms with E-state index < -0.39 is 23.5 Å². The van der Waals surface area contributed by atoms with Crippen molar-refractivity contribution in [1.29, 1.82) is 0 Å². The smallest absolute Gasteiger partial charge is 0.332 e. The van der Waals surface area contributed by atoms with Gasteiger partial charge in [-0.05, 0) is 49.8 Å². The number of benzene rings is 2. The Balaban J connectivity index is 1.14. The molecule has 0 saturated carbocycles. The molecule has 54 heavy (non-hydrogen) atoms. The third-order valence-electron chi connectivity index (χ3n) is 10.9. The second-order valence-electron chi connectivity index (χ2n) is 14.1. The van der Waals surface area contributed by atoms with Gasteiger partial charge in [-0.15, -0.1) is 0 Å². The number of nitrogens with one attached hydrogen (secondary N) is 2. The molecule has 2 aromatic carbocycles. The number of ether oxygens (including phenoxy) is 1. The number of carbonyl (C=O) groups is 1. The molecule has 5 heterocycles. The van der Waals surface area contributed by atoms with Crippen LogP contribution in [0.5, 0.6) is 5.88 Å². The molecule has 2 aliphatic heterocycles. The minimum Gasteiger partial charge on any atom is -0.481 e. The summed E-state index contributed by atoms with van der Waals surface area (Å²) in [5.41, 5.74) is 2.95. The Hall–Kier alpha value is -4.92. The second kappa shape index (κ2) is 13.7. The molecule has 2 atom stereocenters. The van der Waals surface area contributed by atoms with Gasteiger partial charge >= 0.3 is 5.69 Å². The number of likely N-dealkylation sites (tertiary alicyclic amines) is 1. The highest BCUT2D eigenvalue weighted by atomic mass is 35.5. The number of methoxy groups -OCH3 is 1. The standard InChI is InChI=1S/C38H36Cl2F2N8O4/c1-48-34-28(36(52)49(2)37(48)53)32(45-33(46-34)31(41)42)43-23-10-5-8-21(30(23)40)20-7-4-9-22(29(20)39)24-17-19-12-13-25(27(19)35(44-24)54-3)50-16-15-38(18-50)14-6-11-26(51)47-38/h4-5,7-10,17,25,31H,6,11-16,18H2,1-3H3,(H,47,51)(H,43,45,46). The van der Waals surface area contributed by atoms with Crippen LogP contribution < -0.4 is 26.6 Å². The summed E-state index contributed by atoms with van der Waals surface area (Å²) in [4.78, 5) is 53.3. The lowest BCUT2D eigenvalue weighted by Crippen LogP contribution is -2.53. The van der Waals surface area contributed by atoms with Crippen molar-refractivity contribution < 1.29 is 18.3 Å². The van der Waals surface area contributed by atoms with Gasteiger partial charge in [0.1, 0.15) is 11.2 Å². The van der Waals surface area contributed by atoms with E-state index in [1.807, 2.05) is 18.2 Å². The summed E-state index contributed by atoms with van der Waals surface area (Å²) in [6, 6.07) is 12.8. The molecular formula is C38H36Cl2F2N8O4. The maximum Gasteiger partial charge on any atom is 0.332 e. The van der Waals surface area contributed by atoms with E-state index in [1.165, 1.54) is 14.1 Å². The van der Waals surface area contributed by atoms with Crippen molar-refractivity contribution in [1.82, 2.24) is 34.3 Å². The van der Waals surface area contributed by atoms with Crippen LogP contribution in [0.15, 0.2) is 52.1 Å². The minimum atomic E-state index is -3.08. The number of alkyl halides is 2. The fraction of sp³-hybridized carbons (Fsp3) is 0.368. The molecular weight excluding hydrogens is 741 g/mol. The van der Waals surface area contributed by atoms with E-state index in [-0.39, 0.29) is 45.0 Å². The van der Waals surface area contributed by atoms with Gasteiger partial charge < -0.3 is 15.4 Å². The fourth-order valence-corrected chi connectivity index (χ4v) is 8.89. The summed E-state index contributed by atoms with van der Waals surface area (Å²) in [6.45, 7) is 1.68. The van der Waals surface area contributed by atoms with Crippen molar-refractivity contribution in [2.75, 3.05) is 25.5 Å². The number of anilines is 2. The summed E-state index contributed by atoms with van der Waals surface area (Å²) >= 11 is 14.2. The summed E-state index contributed by atoms with van der Waals surface area (Å²) in [7, 11) is 4.23. The largest absolute Gasteiger partial charge is 0.481 e. The number of piperidine rings is 1. The Morgan fingerprint density at radius 2 is 1.70 bits per heavy atom. The van der Waals surface area contributed by atoms with E-state index >= 15 is 0 Å². The highest BCUT2D eigenvalue weighted by molar-refractivity contribution is 6.39. The molecule has 1 amide bonds. The van der Waals surface area contributed by atoms with Gasteiger partial charge in [0.15, 0.2) is 11.5 Å². The van der Waals surface area contributed by atoms with E-state index in [1.54, 1.807) is 25.3 Å². The highest BCUT2D eigenvalue weighted by Gasteiger charge is 2.45. The Morgan fingerprint density at radius 1 is 0.963 bits per heavy atom. The zero-order valence-corrected chi connectivity index (χ0v) is 31.2. The van der Waals surface area contributed by atoms with Gasteiger partial charge in [-0.25, -0.2) is 28.5 Å². The molecule has 2 fully saturated rings. The average Bonchev–Trinajstić information content (AvgIpc) is 3.77. The fourth-order valence-electron chi connectivity index (χ4n) is 8.29. The first-order valence-electron chi connectivity index (χ1n) is 17.6. The first-order chi connectivity index (χ1) is 25.9. The average molecular weight is 778 g/mol. The molecule has 16 heteroatoms. The molecule has 0 radical (unpaired) electrons. The van der Waals surface area contributed by atoms with Gasteiger partial charge in [0.05, 0.1) is 34.1 Å². The maximum atomic E-state index is 13.9. The van der Waals surface area contributed by atoms with E-state index in [2.05, 4.69) is 31.6 Å². The van der Waals surface area contributed by atoms with Crippen molar-refractivity contribution in [3.05, 3.63) is 90.3 Å². The normalized spacial score (nSPS) is 19.9. The van der Waals surface area contributed by atoms with Gasteiger partial charge in [0, 0.05) is 61.9 Å². The highest BCUT2D eigenvalue weighted by Crippen LogP contribution is 2.47. The number of aryl methyl sites for hydroxylation is 2. The Labute approximate surface area is 318 Å². The van der Waals surface area contributed by atoms with Crippen molar-refractivity contribution in [2.24, 2.45) is 14.1 Å². The van der Waals surface area contributed by atoms with Crippen LogP contribution >= 0.6 is 23.2 Å².